The van der Waals surface area contributed by atoms with Gasteiger partial charge < -0.3 is 10.1 Å². The number of aryl methyl sites for hydroxylation is 3. The number of rotatable bonds is 7. The molecule has 0 fully saturated rings. The van der Waals surface area contributed by atoms with E-state index in [1.54, 1.807) is 26.2 Å². The van der Waals surface area contributed by atoms with Gasteiger partial charge in [0.05, 0.1) is 17.2 Å². The summed E-state index contributed by atoms with van der Waals surface area (Å²) in [6, 6.07) is 9.99. The summed E-state index contributed by atoms with van der Waals surface area (Å²) in [5.41, 5.74) is 3.42. The van der Waals surface area contributed by atoms with Crippen molar-refractivity contribution in [1.29, 1.82) is 0 Å². The molecule has 0 heterocycles. The summed E-state index contributed by atoms with van der Waals surface area (Å²) in [5, 5.41) is 2.71. The molecule has 0 aromatic heterocycles. The number of nitrogens with one attached hydrogen (secondary N) is 2. The minimum Gasteiger partial charge on any atom is -0.383 e. The molecule has 0 saturated heterocycles. The number of sulfonamides is 1. The second kappa shape index (κ2) is 8.33. The zero-order valence-corrected chi connectivity index (χ0v) is 16.2. The lowest BCUT2D eigenvalue weighted by Crippen LogP contribution is -2.28. The van der Waals surface area contributed by atoms with Crippen molar-refractivity contribution >= 4 is 21.6 Å². The SMILES string of the molecule is COCCNC(=O)c1cc(S(=O)(=O)Nc2ccc(C)cc2C)ccc1C. The Kier molecular flexibility index (Phi) is 6.39. The van der Waals surface area contributed by atoms with Gasteiger partial charge in [0.15, 0.2) is 0 Å². The highest BCUT2D eigenvalue weighted by Gasteiger charge is 2.19. The van der Waals surface area contributed by atoms with E-state index in [0.717, 1.165) is 11.1 Å². The fourth-order valence-corrected chi connectivity index (χ4v) is 3.66. The molecule has 0 unspecified atom stereocenters. The van der Waals surface area contributed by atoms with Gasteiger partial charge in [-0.05, 0) is 50.1 Å². The molecule has 140 valence electrons. The van der Waals surface area contributed by atoms with Crippen LogP contribution in [0.5, 0.6) is 0 Å². The number of carbonyl (C=O) groups excluding carboxylic acids is 1. The quantitative estimate of drug-likeness (QED) is 0.728. The monoisotopic (exact) mass is 376 g/mol. The molecule has 0 aliphatic carbocycles. The summed E-state index contributed by atoms with van der Waals surface area (Å²) in [4.78, 5) is 12.3. The molecule has 2 aromatic rings. The van der Waals surface area contributed by atoms with Crippen LogP contribution in [0.4, 0.5) is 5.69 Å². The molecule has 0 bridgehead atoms. The molecule has 0 spiro atoms. The van der Waals surface area contributed by atoms with Crippen LogP contribution in [0, 0.1) is 20.8 Å². The van der Waals surface area contributed by atoms with Gasteiger partial charge in [0.2, 0.25) is 0 Å². The van der Waals surface area contributed by atoms with E-state index in [0.29, 0.717) is 30.0 Å². The van der Waals surface area contributed by atoms with Gasteiger partial charge in [0.25, 0.3) is 15.9 Å². The number of benzene rings is 2. The predicted molar refractivity (Wildman–Crippen MR) is 102 cm³/mol. The van der Waals surface area contributed by atoms with Gasteiger partial charge >= 0.3 is 0 Å². The maximum Gasteiger partial charge on any atom is 0.261 e. The lowest BCUT2D eigenvalue weighted by Gasteiger charge is -2.13. The van der Waals surface area contributed by atoms with Crippen LogP contribution in [0.2, 0.25) is 0 Å². The number of hydrogen-bond donors (Lipinski definition) is 2. The number of anilines is 1. The average Bonchev–Trinajstić information content (AvgIpc) is 2.57. The van der Waals surface area contributed by atoms with Crippen molar-refractivity contribution in [1.82, 2.24) is 5.32 Å². The van der Waals surface area contributed by atoms with Crippen molar-refractivity contribution in [3.63, 3.8) is 0 Å². The van der Waals surface area contributed by atoms with E-state index in [4.69, 9.17) is 4.74 Å². The standard InChI is InChI=1S/C19H24N2O4S/c1-13-5-8-18(15(3)11-13)21-26(23,24)16-7-6-14(2)17(12-16)19(22)20-9-10-25-4/h5-8,11-12,21H,9-10H2,1-4H3,(H,20,22). The highest BCUT2D eigenvalue weighted by atomic mass is 32.2. The van der Waals surface area contributed by atoms with Crippen LogP contribution >= 0.6 is 0 Å². The summed E-state index contributed by atoms with van der Waals surface area (Å²) in [7, 11) is -2.26. The first-order valence-electron chi connectivity index (χ1n) is 8.22. The van der Waals surface area contributed by atoms with Crippen molar-refractivity contribution in [2.24, 2.45) is 0 Å². The van der Waals surface area contributed by atoms with Crippen LogP contribution in [0.15, 0.2) is 41.3 Å². The molecule has 2 N–H and O–H groups in total. The second-order valence-corrected chi connectivity index (χ2v) is 7.83. The Morgan fingerprint density at radius 3 is 2.42 bits per heavy atom. The fraction of sp³-hybridized carbons (Fsp3) is 0.316. The largest absolute Gasteiger partial charge is 0.383 e. The molecular formula is C19H24N2O4S. The second-order valence-electron chi connectivity index (χ2n) is 6.15. The molecule has 0 aliphatic rings. The maximum absolute atomic E-state index is 12.7. The van der Waals surface area contributed by atoms with E-state index in [-0.39, 0.29) is 10.8 Å². The number of methoxy groups -OCH3 is 1. The molecule has 26 heavy (non-hydrogen) atoms. The highest BCUT2D eigenvalue weighted by molar-refractivity contribution is 7.92. The van der Waals surface area contributed by atoms with Gasteiger partial charge in [0.1, 0.15) is 0 Å². The number of amides is 1. The fourth-order valence-electron chi connectivity index (χ4n) is 2.51. The Bertz CT molecular complexity index is 908. The van der Waals surface area contributed by atoms with Gasteiger partial charge in [-0.15, -0.1) is 0 Å². The van der Waals surface area contributed by atoms with Crippen LogP contribution < -0.4 is 10.0 Å². The number of carbonyl (C=O) groups is 1. The number of ether oxygens (including phenoxy) is 1. The van der Waals surface area contributed by atoms with E-state index in [9.17, 15) is 13.2 Å². The van der Waals surface area contributed by atoms with E-state index in [2.05, 4.69) is 10.0 Å². The van der Waals surface area contributed by atoms with Gasteiger partial charge in [-0.25, -0.2) is 8.42 Å². The molecule has 7 heteroatoms. The predicted octanol–water partition coefficient (Wildman–Crippen LogP) is 2.79. The molecule has 6 nitrogen and oxygen atoms in total. The van der Waals surface area contributed by atoms with Crippen molar-refractivity contribution in [3.05, 3.63) is 58.7 Å². The summed E-state index contributed by atoms with van der Waals surface area (Å²) in [6.07, 6.45) is 0. The van der Waals surface area contributed by atoms with E-state index in [1.165, 1.54) is 12.1 Å². The molecule has 2 aromatic carbocycles. The minimum absolute atomic E-state index is 0.0416. The molecule has 0 radical (unpaired) electrons. The summed E-state index contributed by atoms with van der Waals surface area (Å²) >= 11 is 0. The topological polar surface area (TPSA) is 84.5 Å². The van der Waals surface area contributed by atoms with Gasteiger partial charge in [-0.1, -0.05) is 23.8 Å². The van der Waals surface area contributed by atoms with E-state index >= 15 is 0 Å². The zero-order valence-electron chi connectivity index (χ0n) is 15.4. The lowest BCUT2D eigenvalue weighted by atomic mass is 10.1. The van der Waals surface area contributed by atoms with Crippen LogP contribution in [0.3, 0.4) is 0 Å². The normalized spacial score (nSPS) is 11.2. The third kappa shape index (κ3) is 4.83. The first-order valence-corrected chi connectivity index (χ1v) is 9.71. The number of hydrogen-bond acceptors (Lipinski definition) is 4. The van der Waals surface area contributed by atoms with Crippen molar-refractivity contribution in [2.45, 2.75) is 25.7 Å². The molecule has 0 aliphatic heterocycles. The third-order valence-corrected chi connectivity index (χ3v) is 5.35. The van der Waals surface area contributed by atoms with Crippen LogP contribution in [-0.4, -0.2) is 34.6 Å². The van der Waals surface area contributed by atoms with Crippen molar-refractivity contribution < 1.29 is 17.9 Å². The molecule has 0 atom stereocenters. The minimum atomic E-state index is -3.80. The van der Waals surface area contributed by atoms with Gasteiger partial charge in [-0.2, -0.15) is 0 Å². The summed E-state index contributed by atoms with van der Waals surface area (Å²) in [6.45, 7) is 6.29. The average molecular weight is 376 g/mol. The van der Waals surface area contributed by atoms with E-state index < -0.39 is 10.0 Å². The van der Waals surface area contributed by atoms with E-state index in [1.807, 2.05) is 26.0 Å². The molecular weight excluding hydrogens is 352 g/mol. The summed E-state index contributed by atoms with van der Waals surface area (Å²) < 4.78 is 32.9. The Morgan fingerprint density at radius 2 is 1.77 bits per heavy atom. The highest BCUT2D eigenvalue weighted by Crippen LogP contribution is 2.22. The Labute approximate surface area is 154 Å². The van der Waals surface area contributed by atoms with Crippen molar-refractivity contribution in [3.8, 4) is 0 Å². The first-order chi connectivity index (χ1) is 12.2. The van der Waals surface area contributed by atoms with Crippen LogP contribution in [-0.2, 0) is 14.8 Å². The van der Waals surface area contributed by atoms with Crippen molar-refractivity contribution in [2.75, 3.05) is 25.0 Å². The molecule has 2 rings (SSSR count). The third-order valence-electron chi connectivity index (χ3n) is 3.98. The Balaban J connectivity index is 2.29. The Hall–Kier alpha value is -2.38. The zero-order chi connectivity index (χ0) is 19.3. The summed E-state index contributed by atoms with van der Waals surface area (Å²) in [5.74, 6) is -0.330. The molecule has 1 amide bonds. The van der Waals surface area contributed by atoms with Crippen LogP contribution in [0.1, 0.15) is 27.0 Å². The lowest BCUT2D eigenvalue weighted by molar-refractivity contribution is 0.0936. The molecule has 0 saturated carbocycles. The maximum atomic E-state index is 12.7. The smallest absolute Gasteiger partial charge is 0.261 e. The van der Waals surface area contributed by atoms with Crippen LogP contribution in [0.25, 0.3) is 0 Å². The van der Waals surface area contributed by atoms with Gasteiger partial charge in [-0.3, -0.25) is 9.52 Å². The Morgan fingerprint density at radius 1 is 1.04 bits per heavy atom. The van der Waals surface area contributed by atoms with Gasteiger partial charge in [0, 0.05) is 19.2 Å². The first kappa shape index (κ1) is 19.9.